The number of benzene rings is 2. The Morgan fingerprint density at radius 1 is 1.08 bits per heavy atom. The summed E-state index contributed by atoms with van der Waals surface area (Å²) in [4.78, 5) is 23.3. The van der Waals surface area contributed by atoms with Crippen molar-refractivity contribution in [1.29, 1.82) is 0 Å². The summed E-state index contributed by atoms with van der Waals surface area (Å²) in [5.41, 5.74) is 1.42. The maximum absolute atomic E-state index is 12.2. The smallest absolute Gasteiger partial charge is 0.217 e. The van der Waals surface area contributed by atoms with Crippen LogP contribution in [0.2, 0.25) is 10.0 Å². The van der Waals surface area contributed by atoms with Crippen molar-refractivity contribution in [3.63, 3.8) is 0 Å². The van der Waals surface area contributed by atoms with Gasteiger partial charge in [-0.25, -0.2) is 0 Å². The normalized spacial score (nSPS) is 11.7. The largest absolute Gasteiger partial charge is 0.482 e. The van der Waals surface area contributed by atoms with Crippen LogP contribution in [-0.4, -0.2) is 18.3 Å². The Morgan fingerprint density at radius 2 is 1.67 bits per heavy atom. The third-order valence-corrected chi connectivity index (χ3v) is 4.01. The average Bonchev–Trinajstić information content (AvgIpc) is 2.53. The van der Waals surface area contributed by atoms with Gasteiger partial charge in [-0.1, -0.05) is 53.5 Å². The topological polar surface area (TPSA) is 55.4 Å². The molecule has 0 aromatic heterocycles. The number of para-hydroxylation sites is 1. The SMILES string of the molecule is CC(=O)N[C@@H](C)c1ccc(C(=O)COc2c(Cl)cccc2Cl)cc1. The molecule has 0 bridgehead atoms. The predicted molar refractivity (Wildman–Crippen MR) is 95.0 cm³/mol. The molecule has 0 saturated heterocycles. The lowest BCUT2D eigenvalue weighted by Crippen LogP contribution is -2.23. The number of rotatable bonds is 6. The van der Waals surface area contributed by atoms with E-state index < -0.39 is 0 Å². The molecule has 2 aromatic rings. The second-order valence-electron chi connectivity index (χ2n) is 5.31. The van der Waals surface area contributed by atoms with Crippen molar-refractivity contribution in [2.45, 2.75) is 19.9 Å². The second-order valence-corrected chi connectivity index (χ2v) is 6.12. The van der Waals surface area contributed by atoms with Crippen molar-refractivity contribution in [3.8, 4) is 5.75 Å². The standard InChI is InChI=1S/C18H17Cl2NO3/c1-11(21-12(2)22)13-6-8-14(9-7-13)17(23)10-24-18-15(19)4-3-5-16(18)20/h3-9,11H,10H2,1-2H3,(H,21,22)/t11-/m0/s1. The van der Waals surface area contributed by atoms with Crippen LogP contribution in [0.25, 0.3) is 0 Å². The number of hydrogen-bond donors (Lipinski definition) is 1. The van der Waals surface area contributed by atoms with E-state index in [0.29, 0.717) is 21.4 Å². The van der Waals surface area contributed by atoms with Crippen molar-refractivity contribution < 1.29 is 14.3 Å². The lowest BCUT2D eigenvalue weighted by molar-refractivity contribution is -0.119. The van der Waals surface area contributed by atoms with E-state index >= 15 is 0 Å². The number of Topliss-reactive ketones (excluding diaryl/α,β-unsaturated/α-hetero) is 1. The minimum absolute atomic E-state index is 0.104. The highest BCUT2D eigenvalue weighted by molar-refractivity contribution is 6.37. The molecular weight excluding hydrogens is 349 g/mol. The Bertz CT molecular complexity index is 724. The van der Waals surface area contributed by atoms with Gasteiger partial charge >= 0.3 is 0 Å². The van der Waals surface area contributed by atoms with Gasteiger partial charge in [0.2, 0.25) is 5.91 Å². The third kappa shape index (κ3) is 4.73. The fourth-order valence-electron chi connectivity index (χ4n) is 2.19. The number of amides is 1. The Balaban J connectivity index is 2.01. The molecule has 1 N–H and O–H groups in total. The molecule has 126 valence electrons. The first-order valence-corrected chi connectivity index (χ1v) is 8.11. The first kappa shape index (κ1) is 18.3. The third-order valence-electron chi connectivity index (χ3n) is 3.42. The van der Waals surface area contributed by atoms with Gasteiger partial charge in [-0.05, 0) is 24.6 Å². The molecule has 1 amide bonds. The van der Waals surface area contributed by atoms with Crippen molar-refractivity contribution in [2.75, 3.05) is 6.61 Å². The van der Waals surface area contributed by atoms with E-state index in [-0.39, 0.29) is 24.3 Å². The molecule has 2 aromatic carbocycles. The van der Waals surface area contributed by atoms with Gasteiger partial charge in [-0.15, -0.1) is 0 Å². The van der Waals surface area contributed by atoms with E-state index in [1.165, 1.54) is 6.92 Å². The maximum Gasteiger partial charge on any atom is 0.217 e. The van der Waals surface area contributed by atoms with Crippen LogP contribution in [0.1, 0.15) is 35.8 Å². The van der Waals surface area contributed by atoms with Crippen LogP contribution >= 0.6 is 23.2 Å². The maximum atomic E-state index is 12.2. The minimum Gasteiger partial charge on any atom is -0.482 e. The molecule has 0 aliphatic heterocycles. The summed E-state index contributed by atoms with van der Waals surface area (Å²) in [6.45, 7) is 3.18. The van der Waals surface area contributed by atoms with E-state index in [4.69, 9.17) is 27.9 Å². The van der Waals surface area contributed by atoms with Crippen LogP contribution in [0.15, 0.2) is 42.5 Å². The van der Waals surface area contributed by atoms with Crippen LogP contribution in [0.3, 0.4) is 0 Å². The molecule has 0 fully saturated rings. The van der Waals surface area contributed by atoms with Crippen LogP contribution in [0, 0.1) is 0 Å². The highest BCUT2D eigenvalue weighted by Crippen LogP contribution is 2.32. The quantitative estimate of drug-likeness (QED) is 0.769. The highest BCUT2D eigenvalue weighted by atomic mass is 35.5. The van der Waals surface area contributed by atoms with E-state index in [1.54, 1.807) is 42.5 Å². The Morgan fingerprint density at radius 3 is 2.21 bits per heavy atom. The average molecular weight is 366 g/mol. The monoisotopic (exact) mass is 365 g/mol. The van der Waals surface area contributed by atoms with Gasteiger partial charge in [-0.2, -0.15) is 0 Å². The van der Waals surface area contributed by atoms with Gasteiger partial charge in [0.05, 0.1) is 16.1 Å². The predicted octanol–water partition coefficient (Wildman–Crippen LogP) is 4.45. The van der Waals surface area contributed by atoms with Crippen LogP contribution < -0.4 is 10.1 Å². The molecule has 4 nitrogen and oxygen atoms in total. The molecule has 0 spiro atoms. The lowest BCUT2D eigenvalue weighted by atomic mass is 10.0. The van der Waals surface area contributed by atoms with Gasteiger partial charge in [0.15, 0.2) is 18.1 Å². The lowest BCUT2D eigenvalue weighted by Gasteiger charge is -2.13. The number of ether oxygens (including phenoxy) is 1. The molecule has 0 aliphatic rings. The van der Waals surface area contributed by atoms with Crippen LogP contribution in [-0.2, 0) is 4.79 Å². The molecular formula is C18H17Cl2NO3. The Hall–Kier alpha value is -2.04. The second kappa shape index (κ2) is 8.18. The molecule has 0 saturated carbocycles. The number of carbonyl (C=O) groups is 2. The summed E-state index contributed by atoms with van der Waals surface area (Å²) in [5.74, 6) is 0.00229. The fraction of sp³-hybridized carbons (Fsp3) is 0.222. The van der Waals surface area contributed by atoms with Gasteiger partial charge in [0, 0.05) is 12.5 Å². The van der Waals surface area contributed by atoms with Crippen molar-refractivity contribution in [1.82, 2.24) is 5.32 Å². The zero-order valence-corrected chi connectivity index (χ0v) is 14.8. The van der Waals surface area contributed by atoms with E-state index in [2.05, 4.69) is 5.32 Å². The van der Waals surface area contributed by atoms with E-state index in [9.17, 15) is 9.59 Å². The number of nitrogens with one attached hydrogen (secondary N) is 1. The van der Waals surface area contributed by atoms with Crippen molar-refractivity contribution in [3.05, 3.63) is 63.6 Å². The molecule has 0 heterocycles. The summed E-state index contributed by atoms with van der Waals surface area (Å²) >= 11 is 12.0. The molecule has 1 atom stereocenters. The molecule has 6 heteroatoms. The first-order valence-electron chi connectivity index (χ1n) is 7.35. The molecule has 2 rings (SSSR count). The molecule has 0 radical (unpaired) electrons. The van der Waals surface area contributed by atoms with Gasteiger partial charge < -0.3 is 10.1 Å². The summed E-state index contributed by atoms with van der Waals surface area (Å²) in [6, 6.07) is 11.9. The van der Waals surface area contributed by atoms with Crippen molar-refractivity contribution >= 4 is 34.9 Å². The number of carbonyl (C=O) groups excluding carboxylic acids is 2. The summed E-state index contributed by atoms with van der Waals surface area (Å²) in [5, 5.41) is 3.50. The summed E-state index contributed by atoms with van der Waals surface area (Å²) in [6.07, 6.45) is 0. The highest BCUT2D eigenvalue weighted by Gasteiger charge is 2.12. The fourth-order valence-corrected chi connectivity index (χ4v) is 2.69. The first-order chi connectivity index (χ1) is 11.4. The zero-order valence-electron chi connectivity index (χ0n) is 13.3. The Labute approximate surface area is 150 Å². The molecule has 0 aliphatic carbocycles. The minimum atomic E-state index is -0.190. The van der Waals surface area contributed by atoms with Gasteiger partial charge in [-0.3, -0.25) is 9.59 Å². The van der Waals surface area contributed by atoms with Gasteiger partial charge in [0.25, 0.3) is 0 Å². The van der Waals surface area contributed by atoms with Crippen LogP contribution in [0.4, 0.5) is 0 Å². The Kier molecular flexibility index (Phi) is 6.23. The number of hydrogen-bond acceptors (Lipinski definition) is 3. The molecule has 24 heavy (non-hydrogen) atoms. The van der Waals surface area contributed by atoms with E-state index in [1.807, 2.05) is 6.92 Å². The van der Waals surface area contributed by atoms with Gasteiger partial charge in [0.1, 0.15) is 0 Å². The number of halogens is 2. The van der Waals surface area contributed by atoms with E-state index in [0.717, 1.165) is 5.56 Å². The molecule has 0 unspecified atom stereocenters. The number of ketones is 1. The summed E-state index contributed by atoms with van der Waals surface area (Å²) in [7, 11) is 0. The summed E-state index contributed by atoms with van der Waals surface area (Å²) < 4.78 is 5.44. The zero-order chi connectivity index (χ0) is 17.7. The van der Waals surface area contributed by atoms with Crippen LogP contribution in [0.5, 0.6) is 5.75 Å². The van der Waals surface area contributed by atoms with Crippen molar-refractivity contribution in [2.24, 2.45) is 0 Å².